The van der Waals surface area contributed by atoms with Crippen LogP contribution in [0.25, 0.3) is 0 Å². The van der Waals surface area contributed by atoms with Crippen LogP contribution < -0.4 is 9.80 Å². The first kappa shape index (κ1) is 19.4. The SMILES string of the molecule is CN(C)c1nccc(N(C)C2CCN(Cc3cccc(C(F)(F)F)c3)C2)n1. The third kappa shape index (κ3) is 4.68. The predicted molar refractivity (Wildman–Crippen MR) is 99.9 cm³/mol. The standard InChI is InChI=1S/C19H24F3N5/c1-25(2)18-23-9-7-17(24-18)26(3)16-8-10-27(13-16)12-14-5-4-6-15(11-14)19(20,21)22/h4-7,9,11,16H,8,10,12-13H2,1-3H3. The van der Waals surface area contributed by atoms with Gasteiger partial charge in [0.15, 0.2) is 0 Å². The highest BCUT2D eigenvalue weighted by Gasteiger charge is 2.31. The van der Waals surface area contributed by atoms with Crippen molar-refractivity contribution >= 4 is 11.8 Å². The molecule has 2 heterocycles. The van der Waals surface area contributed by atoms with Crippen molar-refractivity contribution < 1.29 is 13.2 Å². The van der Waals surface area contributed by atoms with Gasteiger partial charge in [0.1, 0.15) is 5.82 Å². The Balaban J connectivity index is 1.64. The van der Waals surface area contributed by atoms with E-state index in [2.05, 4.69) is 19.8 Å². The molecule has 2 aromatic rings. The minimum absolute atomic E-state index is 0.265. The van der Waals surface area contributed by atoms with Gasteiger partial charge in [0, 0.05) is 53.0 Å². The lowest BCUT2D eigenvalue weighted by Gasteiger charge is -2.26. The molecule has 1 aliphatic rings. The third-order valence-electron chi connectivity index (χ3n) is 4.85. The quantitative estimate of drug-likeness (QED) is 0.797. The zero-order valence-corrected chi connectivity index (χ0v) is 15.7. The molecule has 1 atom stereocenters. The van der Waals surface area contributed by atoms with Crippen molar-refractivity contribution in [2.24, 2.45) is 0 Å². The van der Waals surface area contributed by atoms with Gasteiger partial charge in [-0.3, -0.25) is 4.90 Å². The summed E-state index contributed by atoms with van der Waals surface area (Å²) in [5.41, 5.74) is 0.0927. The number of likely N-dealkylation sites (N-methyl/N-ethyl adjacent to an activating group) is 1. The Morgan fingerprint density at radius 3 is 2.67 bits per heavy atom. The molecule has 1 fully saturated rings. The van der Waals surface area contributed by atoms with Crippen molar-refractivity contribution in [1.29, 1.82) is 0 Å². The molecule has 0 saturated carbocycles. The molecule has 0 radical (unpaired) electrons. The molecule has 1 unspecified atom stereocenters. The number of benzene rings is 1. The average molecular weight is 379 g/mol. The van der Waals surface area contributed by atoms with Gasteiger partial charge < -0.3 is 9.80 Å². The number of alkyl halides is 3. The molecule has 0 bridgehead atoms. The van der Waals surface area contributed by atoms with Crippen LogP contribution in [-0.4, -0.2) is 55.1 Å². The molecule has 5 nitrogen and oxygen atoms in total. The van der Waals surface area contributed by atoms with E-state index in [0.29, 0.717) is 18.1 Å². The van der Waals surface area contributed by atoms with E-state index in [1.807, 2.05) is 32.1 Å². The maximum Gasteiger partial charge on any atom is 0.416 e. The summed E-state index contributed by atoms with van der Waals surface area (Å²) in [6, 6.07) is 7.72. The summed E-state index contributed by atoms with van der Waals surface area (Å²) < 4.78 is 38.7. The Hall–Kier alpha value is -2.35. The fourth-order valence-electron chi connectivity index (χ4n) is 3.31. The Bertz CT molecular complexity index is 778. The molecule has 1 aromatic carbocycles. The molecule has 0 N–H and O–H groups in total. The normalized spacial score (nSPS) is 17.9. The van der Waals surface area contributed by atoms with Gasteiger partial charge in [-0.2, -0.15) is 18.2 Å². The molecular formula is C19H24F3N5. The van der Waals surface area contributed by atoms with E-state index in [1.54, 1.807) is 12.3 Å². The number of halogens is 3. The summed E-state index contributed by atoms with van der Waals surface area (Å²) in [7, 11) is 5.79. The Kier molecular flexibility index (Phi) is 5.55. The van der Waals surface area contributed by atoms with Crippen molar-refractivity contribution in [3.05, 3.63) is 47.7 Å². The van der Waals surface area contributed by atoms with Gasteiger partial charge in [-0.1, -0.05) is 18.2 Å². The molecule has 146 valence electrons. The lowest BCUT2D eigenvalue weighted by atomic mass is 10.1. The molecule has 1 aromatic heterocycles. The number of likely N-dealkylation sites (tertiary alicyclic amines) is 1. The summed E-state index contributed by atoms with van der Waals surface area (Å²) in [6.45, 7) is 2.14. The number of nitrogens with zero attached hydrogens (tertiary/aromatic N) is 5. The number of anilines is 2. The van der Waals surface area contributed by atoms with Crippen LogP contribution in [0.5, 0.6) is 0 Å². The molecule has 0 spiro atoms. The largest absolute Gasteiger partial charge is 0.416 e. The van der Waals surface area contributed by atoms with Gasteiger partial charge in [-0.25, -0.2) is 4.98 Å². The van der Waals surface area contributed by atoms with Crippen LogP contribution in [0.1, 0.15) is 17.5 Å². The second-order valence-electron chi connectivity index (χ2n) is 7.10. The first-order valence-electron chi connectivity index (χ1n) is 8.86. The Morgan fingerprint density at radius 1 is 1.19 bits per heavy atom. The predicted octanol–water partition coefficient (Wildman–Crippen LogP) is 3.27. The highest BCUT2D eigenvalue weighted by atomic mass is 19.4. The maximum absolute atomic E-state index is 12.9. The minimum Gasteiger partial charge on any atom is -0.355 e. The molecule has 0 amide bonds. The van der Waals surface area contributed by atoms with Gasteiger partial charge in [0.2, 0.25) is 5.95 Å². The molecule has 27 heavy (non-hydrogen) atoms. The highest BCUT2D eigenvalue weighted by molar-refractivity contribution is 5.43. The lowest BCUT2D eigenvalue weighted by molar-refractivity contribution is -0.137. The summed E-state index contributed by atoms with van der Waals surface area (Å²) in [5.74, 6) is 1.50. The van der Waals surface area contributed by atoms with Crippen LogP contribution in [0.2, 0.25) is 0 Å². The number of hydrogen-bond donors (Lipinski definition) is 0. The van der Waals surface area contributed by atoms with Gasteiger partial charge in [0.05, 0.1) is 5.56 Å². The van der Waals surface area contributed by atoms with E-state index < -0.39 is 11.7 Å². The van der Waals surface area contributed by atoms with Crippen LogP contribution >= 0.6 is 0 Å². The van der Waals surface area contributed by atoms with E-state index in [0.717, 1.165) is 31.4 Å². The average Bonchev–Trinajstić information content (AvgIpc) is 3.09. The molecule has 8 heteroatoms. The van der Waals surface area contributed by atoms with Crippen LogP contribution in [-0.2, 0) is 12.7 Å². The highest BCUT2D eigenvalue weighted by Crippen LogP contribution is 2.30. The molecular weight excluding hydrogens is 355 g/mol. The van der Waals surface area contributed by atoms with Gasteiger partial charge >= 0.3 is 6.18 Å². The van der Waals surface area contributed by atoms with E-state index >= 15 is 0 Å². The number of aromatic nitrogens is 2. The summed E-state index contributed by atoms with van der Waals surface area (Å²) in [6.07, 6.45) is -1.62. The molecule has 0 aliphatic carbocycles. The number of rotatable bonds is 5. The molecule has 1 saturated heterocycles. The smallest absolute Gasteiger partial charge is 0.355 e. The fourth-order valence-corrected chi connectivity index (χ4v) is 3.31. The Labute approximate surface area is 157 Å². The van der Waals surface area contributed by atoms with Crippen LogP contribution in [0, 0.1) is 0 Å². The monoisotopic (exact) mass is 379 g/mol. The van der Waals surface area contributed by atoms with Gasteiger partial charge in [-0.05, 0) is 24.1 Å². The van der Waals surface area contributed by atoms with Crippen molar-refractivity contribution in [1.82, 2.24) is 14.9 Å². The first-order valence-corrected chi connectivity index (χ1v) is 8.86. The summed E-state index contributed by atoms with van der Waals surface area (Å²) >= 11 is 0. The van der Waals surface area contributed by atoms with Gasteiger partial charge in [-0.15, -0.1) is 0 Å². The summed E-state index contributed by atoms with van der Waals surface area (Å²) in [5, 5.41) is 0. The van der Waals surface area contributed by atoms with Crippen LogP contribution in [0.3, 0.4) is 0 Å². The van der Waals surface area contributed by atoms with E-state index in [-0.39, 0.29) is 6.04 Å². The molecule has 3 rings (SSSR count). The van der Waals surface area contributed by atoms with Crippen LogP contribution in [0.15, 0.2) is 36.5 Å². The summed E-state index contributed by atoms with van der Waals surface area (Å²) in [4.78, 5) is 15.0. The zero-order chi connectivity index (χ0) is 19.6. The third-order valence-corrected chi connectivity index (χ3v) is 4.85. The Morgan fingerprint density at radius 2 is 1.96 bits per heavy atom. The fraction of sp³-hybridized carbons (Fsp3) is 0.474. The van der Waals surface area contributed by atoms with E-state index in [1.165, 1.54) is 12.1 Å². The van der Waals surface area contributed by atoms with Crippen LogP contribution in [0.4, 0.5) is 24.9 Å². The van der Waals surface area contributed by atoms with Crippen molar-refractivity contribution in [2.45, 2.75) is 25.2 Å². The van der Waals surface area contributed by atoms with Crippen molar-refractivity contribution in [3.8, 4) is 0 Å². The van der Waals surface area contributed by atoms with Crippen molar-refractivity contribution in [3.63, 3.8) is 0 Å². The van der Waals surface area contributed by atoms with Crippen molar-refractivity contribution in [2.75, 3.05) is 44.0 Å². The zero-order valence-electron chi connectivity index (χ0n) is 15.7. The van der Waals surface area contributed by atoms with E-state index in [4.69, 9.17) is 0 Å². The second-order valence-corrected chi connectivity index (χ2v) is 7.10. The second kappa shape index (κ2) is 7.72. The topological polar surface area (TPSA) is 35.5 Å². The lowest BCUT2D eigenvalue weighted by Crippen LogP contribution is -2.35. The minimum atomic E-state index is -4.30. The first-order chi connectivity index (χ1) is 12.7. The van der Waals surface area contributed by atoms with E-state index in [9.17, 15) is 13.2 Å². The molecule has 1 aliphatic heterocycles. The maximum atomic E-state index is 12.9. The van der Waals surface area contributed by atoms with Gasteiger partial charge in [0.25, 0.3) is 0 Å². The number of hydrogen-bond acceptors (Lipinski definition) is 5.